The van der Waals surface area contributed by atoms with Crippen LogP contribution in [0, 0.1) is 12.7 Å². The molecule has 5 nitrogen and oxygen atoms in total. The second-order valence-electron chi connectivity index (χ2n) is 4.38. The van der Waals surface area contributed by atoms with Crippen molar-refractivity contribution in [2.45, 2.75) is 32.0 Å². The molecule has 0 bridgehead atoms. The van der Waals surface area contributed by atoms with E-state index in [-0.39, 0.29) is 16.5 Å². The first kappa shape index (κ1) is 14.9. The largest absolute Gasteiger partial charge is 0.297 e. The average molecular weight is 318 g/mol. The first-order chi connectivity index (χ1) is 9.34. The summed E-state index contributed by atoms with van der Waals surface area (Å²) in [7, 11) is 1.30. The molecule has 0 aliphatic rings. The van der Waals surface area contributed by atoms with Crippen molar-refractivity contribution in [1.82, 2.24) is 14.8 Å². The topological polar surface area (TPSA) is 64.8 Å². The standard InChI is InChI=1S/C12H13ClFN3O2S/c1-3-6-17-11(15-16-12(17)20(13,18)19)9-7-8(2)4-5-10(9)14/h4-5,7H,3,6H2,1-2H3. The third-order valence-electron chi connectivity index (χ3n) is 2.74. The molecule has 108 valence electrons. The second-order valence-corrected chi connectivity index (χ2v) is 6.84. The van der Waals surface area contributed by atoms with Crippen LogP contribution in [0.3, 0.4) is 0 Å². The summed E-state index contributed by atoms with van der Waals surface area (Å²) in [6.45, 7) is 4.00. The van der Waals surface area contributed by atoms with E-state index < -0.39 is 14.9 Å². The predicted octanol–water partition coefficient (Wildman–Crippen LogP) is 2.73. The molecule has 0 aliphatic heterocycles. The van der Waals surface area contributed by atoms with Crippen LogP contribution in [0.2, 0.25) is 0 Å². The Hall–Kier alpha value is -1.47. The van der Waals surface area contributed by atoms with Gasteiger partial charge in [-0.3, -0.25) is 4.57 Å². The van der Waals surface area contributed by atoms with Crippen molar-refractivity contribution >= 4 is 19.7 Å². The number of hydrogen-bond donors (Lipinski definition) is 0. The quantitative estimate of drug-likeness (QED) is 0.813. The number of benzene rings is 1. The molecule has 20 heavy (non-hydrogen) atoms. The number of halogens is 2. The summed E-state index contributed by atoms with van der Waals surface area (Å²) in [4.78, 5) is 0. The number of aryl methyl sites for hydroxylation is 1. The maximum Gasteiger partial charge on any atom is 0.296 e. The Kier molecular flexibility index (Phi) is 4.10. The summed E-state index contributed by atoms with van der Waals surface area (Å²) >= 11 is 0. The molecule has 0 radical (unpaired) electrons. The lowest BCUT2D eigenvalue weighted by atomic mass is 10.1. The molecule has 1 aromatic heterocycles. The summed E-state index contributed by atoms with van der Waals surface area (Å²) in [5.74, 6) is -0.328. The third-order valence-corrected chi connectivity index (χ3v) is 3.90. The minimum absolute atomic E-state index is 0.160. The van der Waals surface area contributed by atoms with Crippen molar-refractivity contribution in [3.8, 4) is 11.4 Å². The van der Waals surface area contributed by atoms with E-state index in [2.05, 4.69) is 10.2 Å². The van der Waals surface area contributed by atoms with Gasteiger partial charge in [-0.15, -0.1) is 10.2 Å². The van der Waals surface area contributed by atoms with Crippen LogP contribution in [0.4, 0.5) is 4.39 Å². The lowest BCUT2D eigenvalue weighted by Gasteiger charge is -2.08. The molecular weight excluding hydrogens is 305 g/mol. The molecule has 0 saturated carbocycles. The Bertz CT molecular complexity index is 743. The van der Waals surface area contributed by atoms with E-state index in [9.17, 15) is 12.8 Å². The van der Waals surface area contributed by atoms with Gasteiger partial charge < -0.3 is 0 Å². The molecule has 0 fully saturated rings. The molecule has 0 saturated heterocycles. The molecule has 0 N–H and O–H groups in total. The van der Waals surface area contributed by atoms with E-state index >= 15 is 0 Å². The van der Waals surface area contributed by atoms with Gasteiger partial charge in [0.25, 0.3) is 14.2 Å². The minimum Gasteiger partial charge on any atom is -0.297 e. The molecular formula is C12H13ClFN3O2S. The second kappa shape index (κ2) is 5.49. The lowest BCUT2D eigenvalue weighted by molar-refractivity contribution is 0.568. The highest BCUT2D eigenvalue weighted by Crippen LogP contribution is 2.26. The van der Waals surface area contributed by atoms with Crippen molar-refractivity contribution < 1.29 is 12.8 Å². The highest BCUT2D eigenvalue weighted by atomic mass is 35.7. The normalized spacial score (nSPS) is 11.8. The summed E-state index contributed by atoms with van der Waals surface area (Å²) in [5, 5.41) is 7.00. The Morgan fingerprint density at radius 3 is 2.65 bits per heavy atom. The van der Waals surface area contributed by atoms with E-state index in [0.717, 1.165) is 5.56 Å². The van der Waals surface area contributed by atoms with Crippen molar-refractivity contribution in [2.75, 3.05) is 0 Å². The highest BCUT2D eigenvalue weighted by Gasteiger charge is 2.24. The Labute approximate surface area is 120 Å². The lowest BCUT2D eigenvalue weighted by Crippen LogP contribution is -2.08. The molecule has 0 unspecified atom stereocenters. The highest BCUT2D eigenvalue weighted by molar-refractivity contribution is 8.13. The number of hydrogen-bond acceptors (Lipinski definition) is 4. The van der Waals surface area contributed by atoms with Crippen LogP contribution >= 0.6 is 10.7 Å². The van der Waals surface area contributed by atoms with E-state index in [0.29, 0.717) is 13.0 Å². The van der Waals surface area contributed by atoms with Gasteiger partial charge in [0.1, 0.15) is 5.82 Å². The van der Waals surface area contributed by atoms with Crippen LogP contribution < -0.4 is 0 Å². The molecule has 1 aromatic carbocycles. The SMILES string of the molecule is CCCn1c(-c2cc(C)ccc2F)nnc1S(=O)(=O)Cl. The fourth-order valence-corrected chi connectivity index (χ4v) is 2.83. The summed E-state index contributed by atoms with van der Waals surface area (Å²) in [5.41, 5.74) is 1.04. The van der Waals surface area contributed by atoms with Crippen LogP contribution in [0.5, 0.6) is 0 Å². The van der Waals surface area contributed by atoms with Gasteiger partial charge in [0.15, 0.2) is 5.82 Å². The molecule has 2 aromatic rings. The van der Waals surface area contributed by atoms with Crippen LogP contribution in [0.1, 0.15) is 18.9 Å². The van der Waals surface area contributed by atoms with Gasteiger partial charge in [-0.25, -0.2) is 12.8 Å². The van der Waals surface area contributed by atoms with Gasteiger partial charge in [-0.05, 0) is 25.5 Å². The Morgan fingerprint density at radius 1 is 1.35 bits per heavy atom. The van der Waals surface area contributed by atoms with Crippen molar-refractivity contribution in [1.29, 1.82) is 0 Å². The van der Waals surface area contributed by atoms with E-state index in [4.69, 9.17) is 10.7 Å². The van der Waals surface area contributed by atoms with Gasteiger partial charge in [0.2, 0.25) is 0 Å². The summed E-state index contributed by atoms with van der Waals surface area (Å²) in [6, 6.07) is 4.53. The maximum absolute atomic E-state index is 13.9. The monoisotopic (exact) mass is 317 g/mol. The maximum atomic E-state index is 13.9. The van der Waals surface area contributed by atoms with Gasteiger partial charge in [0, 0.05) is 17.2 Å². The first-order valence-corrected chi connectivity index (χ1v) is 8.30. The molecule has 8 heteroatoms. The Morgan fingerprint density at radius 2 is 2.05 bits per heavy atom. The molecule has 0 amide bonds. The zero-order valence-electron chi connectivity index (χ0n) is 11.0. The predicted molar refractivity (Wildman–Crippen MR) is 73.5 cm³/mol. The van der Waals surface area contributed by atoms with Crippen molar-refractivity contribution in [2.24, 2.45) is 0 Å². The van der Waals surface area contributed by atoms with E-state index in [1.54, 1.807) is 12.1 Å². The van der Waals surface area contributed by atoms with Crippen LogP contribution in [0.25, 0.3) is 11.4 Å². The summed E-state index contributed by atoms with van der Waals surface area (Å²) in [6.07, 6.45) is 0.637. The number of aromatic nitrogens is 3. The smallest absolute Gasteiger partial charge is 0.296 e. The van der Waals surface area contributed by atoms with Gasteiger partial charge >= 0.3 is 0 Å². The summed E-state index contributed by atoms with van der Waals surface area (Å²) < 4.78 is 38.2. The zero-order valence-corrected chi connectivity index (χ0v) is 12.5. The van der Waals surface area contributed by atoms with Crippen LogP contribution in [-0.4, -0.2) is 23.2 Å². The van der Waals surface area contributed by atoms with Crippen molar-refractivity contribution in [3.63, 3.8) is 0 Å². The van der Waals surface area contributed by atoms with Gasteiger partial charge in [0.05, 0.1) is 5.56 Å². The fourth-order valence-electron chi connectivity index (χ4n) is 1.90. The van der Waals surface area contributed by atoms with E-state index in [1.165, 1.54) is 10.6 Å². The number of nitrogens with zero attached hydrogens (tertiary/aromatic N) is 3. The average Bonchev–Trinajstić information content (AvgIpc) is 2.76. The molecule has 0 spiro atoms. The fraction of sp³-hybridized carbons (Fsp3) is 0.333. The van der Waals surface area contributed by atoms with Crippen LogP contribution in [0.15, 0.2) is 23.4 Å². The number of rotatable bonds is 4. The minimum atomic E-state index is -4.03. The Balaban J connectivity index is 2.69. The van der Waals surface area contributed by atoms with Gasteiger partial charge in [-0.2, -0.15) is 0 Å². The van der Waals surface area contributed by atoms with Gasteiger partial charge in [-0.1, -0.05) is 18.6 Å². The zero-order chi connectivity index (χ0) is 14.9. The van der Waals surface area contributed by atoms with Crippen molar-refractivity contribution in [3.05, 3.63) is 29.6 Å². The first-order valence-electron chi connectivity index (χ1n) is 5.99. The van der Waals surface area contributed by atoms with Crippen LogP contribution in [-0.2, 0) is 15.6 Å². The molecule has 0 aliphatic carbocycles. The molecule has 0 atom stereocenters. The van der Waals surface area contributed by atoms with E-state index in [1.807, 2.05) is 13.8 Å². The third kappa shape index (κ3) is 2.83. The molecule has 1 heterocycles. The molecule has 2 rings (SSSR count).